The van der Waals surface area contributed by atoms with Gasteiger partial charge in [0.05, 0.1) is 23.3 Å². The Hall–Kier alpha value is -3.11. The van der Waals surface area contributed by atoms with Crippen LogP contribution in [0, 0.1) is 6.92 Å². The standard InChI is InChI=1S/C16H15N5O4S/c1-11-20-21-15(25-11)10-18-26(23,24)14-6-2-4-12(8-14)16(22)19-13-5-3-7-17-9-13/h2-9,18H,10H2,1H3,(H,19,22). The van der Waals surface area contributed by atoms with Crippen molar-refractivity contribution in [1.29, 1.82) is 0 Å². The van der Waals surface area contributed by atoms with E-state index in [9.17, 15) is 13.2 Å². The van der Waals surface area contributed by atoms with E-state index in [4.69, 9.17) is 4.42 Å². The zero-order chi connectivity index (χ0) is 18.6. The Morgan fingerprint density at radius 2 is 2.04 bits per heavy atom. The zero-order valence-corrected chi connectivity index (χ0v) is 14.5. The van der Waals surface area contributed by atoms with Crippen LogP contribution in [0.2, 0.25) is 0 Å². The molecule has 0 aliphatic heterocycles. The number of hydrogen-bond acceptors (Lipinski definition) is 7. The molecule has 1 amide bonds. The number of nitrogens with zero attached hydrogens (tertiary/aromatic N) is 3. The van der Waals surface area contributed by atoms with Gasteiger partial charge in [-0.1, -0.05) is 6.07 Å². The topological polar surface area (TPSA) is 127 Å². The summed E-state index contributed by atoms with van der Waals surface area (Å²) in [5.41, 5.74) is 0.709. The molecule has 0 spiro atoms. The molecule has 0 bridgehead atoms. The molecular weight excluding hydrogens is 358 g/mol. The quantitative estimate of drug-likeness (QED) is 0.670. The van der Waals surface area contributed by atoms with E-state index in [0.717, 1.165) is 0 Å². The molecule has 0 aliphatic rings. The lowest BCUT2D eigenvalue weighted by atomic mass is 10.2. The molecule has 0 fully saturated rings. The van der Waals surface area contributed by atoms with Crippen molar-refractivity contribution in [2.24, 2.45) is 0 Å². The van der Waals surface area contributed by atoms with Crippen LogP contribution < -0.4 is 10.0 Å². The van der Waals surface area contributed by atoms with Gasteiger partial charge in [0.25, 0.3) is 5.91 Å². The summed E-state index contributed by atoms with van der Waals surface area (Å²) in [5, 5.41) is 10.00. The summed E-state index contributed by atoms with van der Waals surface area (Å²) in [5.74, 6) is 0.0485. The predicted octanol–water partition coefficient (Wildman–Crippen LogP) is 1.50. The van der Waals surface area contributed by atoms with Crippen LogP contribution in [0.4, 0.5) is 5.69 Å². The third kappa shape index (κ3) is 4.29. The van der Waals surface area contributed by atoms with Crippen LogP contribution in [0.1, 0.15) is 22.1 Å². The molecule has 0 unspecified atom stereocenters. The molecule has 134 valence electrons. The van der Waals surface area contributed by atoms with Crippen molar-refractivity contribution in [3.8, 4) is 0 Å². The van der Waals surface area contributed by atoms with Gasteiger partial charge in [0, 0.05) is 18.7 Å². The Morgan fingerprint density at radius 1 is 1.19 bits per heavy atom. The molecule has 2 heterocycles. The molecule has 3 aromatic rings. The van der Waals surface area contributed by atoms with E-state index in [1.807, 2.05) is 0 Å². The lowest BCUT2D eigenvalue weighted by Crippen LogP contribution is -2.24. The Bertz CT molecular complexity index is 1020. The third-order valence-electron chi connectivity index (χ3n) is 3.31. The van der Waals surface area contributed by atoms with Crippen molar-refractivity contribution in [2.75, 3.05) is 5.32 Å². The van der Waals surface area contributed by atoms with Gasteiger partial charge in [-0.15, -0.1) is 10.2 Å². The van der Waals surface area contributed by atoms with Crippen LogP contribution >= 0.6 is 0 Å². The second-order valence-electron chi connectivity index (χ2n) is 5.26. The largest absolute Gasteiger partial charge is 0.424 e. The number of sulfonamides is 1. The number of pyridine rings is 1. The number of carbonyl (C=O) groups excluding carboxylic acids is 1. The molecule has 9 nitrogen and oxygen atoms in total. The summed E-state index contributed by atoms with van der Waals surface area (Å²) in [4.78, 5) is 16.1. The first-order chi connectivity index (χ1) is 12.4. The number of rotatable bonds is 6. The number of anilines is 1. The highest BCUT2D eigenvalue weighted by Crippen LogP contribution is 2.14. The predicted molar refractivity (Wildman–Crippen MR) is 91.7 cm³/mol. The molecule has 0 saturated heterocycles. The van der Waals surface area contributed by atoms with E-state index in [0.29, 0.717) is 11.6 Å². The zero-order valence-electron chi connectivity index (χ0n) is 13.7. The maximum absolute atomic E-state index is 12.4. The minimum absolute atomic E-state index is 0.0485. The minimum Gasteiger partial charge on any atom is -0.424 e. The van der Waals surface area contributed by atoms with Gasteiger partial charge in [-0.3, -0.25) is 9.78 Å². The molecule has 2 aromatic heterocycles. The van der Waals surface area contributed by atoms with Gasteiger partial charge in [0.15, 0.2) is 0 Å². The van der Waals surface area contributed by atoms with Crippen molar-refractivity contribution >= 4 is 21.6 Å². The van der Waals surface area contributed by atoms with Crippen molar-refractivity contribution in [2.45, 2.75) is 18.4 Å². The van der Waals surface area contributed by atoms with Crippen LogP contribution in [0.5, 0.6) is 0 Å². The summed E-state index contributed by atoms with van der Waals surface area (Å²) in [7, 11) is -3.85. The molecule has 3 rings (SSSR count). The Balaban J connectivity index is 1.74. The monoisotopic (exact) mass is 373 g/mol. The smallest absolute Gasteiger partial charge is 0.255 e. The summed E-state index contributed by atoms with van der Waals surface area (Å²) in [6.45, 7) is 1.46. The van der Waals surface area contributed by atoms with Gasteiger partial charge in [0.1, 0.15) is 0 Å². The van der Waals surface area contributed by atoms with E-state index in [1.54, 1.807) is 25.3 Å². The average molecular weight is 373 g/mol. The van der Waals surface area contributed by atoms with E-state index in [2.05, 4.69) is 25.2 Å². The highest BCUT2D eigenvalue weighted by Gasteiger charge is 2.17. The first-order valence-electron chi connectivity index (χ1n) is 7.54. The lowest BCUT2D eigenvalue weighted by molar-refractivity contribution is 0.102. The maximum atomic E-state index is 12.4. The fraction of sp³-hybridized carbons (Fsp3) is 0.125. The van der Waals surface area contributed by atoms with Crippen LogP contribution in [0.15, 0.2) is 58.1 Å². The lowest BCUT2D eigenvalue weighted by Gasteiger charge is -2.08. The van der Waals surface area contributed by atoms with Crippen molar-refractivity contribution in [3.05, 3.63) is 66.1 Å². The summed E-state index contributed by atoms with van der Waals surface area (Å²) in [6.07, 6.45) is 3.08. The van der Waals surface area contributed by atoms with Crippen LogP contribution in [-0.4, -0.2) is 29.5 Å². The first-order valence-corrected chi connectivity index (χ1v) is 9.02. The number of benzene rings is 1. The van der Waals surface area contributed by atoms with Gasteiger partial charge in [-0.25, -0.2) is 13.1 Å². The molecule has 0 aliphatic carbocycles. The minimum atomic E-state index is -3.85. The van der Waals surface area contributed by atoms with Crippen molar-refractivity contribution in [3.63, 3.8) is 0 Å². The van der Waals surface area contributed by atoms with Crippen LogP contribution in [0.25, 0.3) is 0 Å². The number of aromatic nitrogens is 3. The summed E-state index contributed by atoms with van der Waals surface area (Å²) >= 11 is 0. The molecule has 2 N–H and O–H groups in total. The normalized spacial score (nSPS) is 11.3. The van der Waals surface area contributed by atoms with Crippen LogP contribution in [-0.2, 0) is 16.6 Å². The highest BCUT2D eigenvalue weighted by atomic mass is 32.2. The van der Waals surface area contributed by atoms with Crippen LogP contribution in [0.3, 0.4) is 0 Å². The Labute approximate surface area is 149 Å². The molecule has 1 aromatic carbocycles. The van der Waals surface area contributed by atoms with Gasteiger partial charge < -0.3 is 9.73 Å². The molecule has 0 radical (unpaired) electrons. The fourth-order valence-corrected chi connectivity index (χ4v) is 3.11. The van der Waals surface area contributed by atoms with E-state index < -0.39 is 15.9 Å². The molecule has 10 heteroatoms. The average Bonchev–Trinajstić information content (AvgIpc) is 3.06. The molecule has 0 saturated carbocycles. The molecular formula is C16H15N5O4S. The van der Waals surface area contributed by atoms with E-state index >= 15 is 0 Å². The number of amides is 1. The van der Waals surface area contributed by atoms with Gasteiger partial charge in [-0.05, 0) is 30.3 Å². The fourth-order valence-electron chi connectivity index (χ4n) is 2.09. The third-order valence-corrected chi connectivity index (χ3v) is 4.71. The highest BCUT2D eigenvalue weighted by molar-refractivity contribution is 7.89. The van der Waals surface area contributed by atoms with Crippen molar-refractivity contribution in [1.82, 2.24) is 19.9 Å². The summed E-state index contributed by atoms with van der Waals surface area (Å²) < 4.78 is 32.3. The summed E-state index contributed by atoms with van der Waals surface area (Å²) in [6, 6.07) is 9.05. The number of aryl methyl sites for hydroxylation is 1. The van der Waals surface area contributed by atoms with E-state index in [-0.39, 0.29) is 22.9 Å². The second kappa shape index (κ2) is 7.42. The van der Waals surface area contributed by atoms with Gasteiger partial charge in [-0.2, -0.15) is 0 Å². The van der Waals surface area contributed by atoms with Gasteiger partial charge >= 0.3 is 0 Å². The Kier molecular flexibility index (Phi) is 5.05. The second-order valence-corrected chi connectivity index (χ2v) is 7.03. The van der Waals surface area contributed by atoms with Gasteiger partial charge in [0.2, 0.25) is 21.8 Å². The van der Waals surface area contributed by atoms with E-state index in [1.165, 1.54) is 30.5 Å². The SMILES string of the molecule is Cc1nnc(CNS(=O)(=O)c2cccc(C(=O)Nc3cccnc3)c2)o1. The number of carbonyl (C=O) groups is 1. The first kappa shape index (κ1) is 17.7. The molecule has 0 atom stereocenters. The molecule has 26 heavy (non-hydrogen) atoms. The Morgan fingerprint density at radius 3 is 2.73 bits per heavy atom. The number of nitrogens with one attached hydrogen (secondary N) is 2. The number of hydrogen-bond donors (Lipinski definition) is 2. The van der Waals surface area contributed by atoms with Crippen molar-refractivity contribution < 1.29 is 17.6 Å². The maximum Gasteiger partial charge on any atom is 0.255 e.